The lowest BCUT2D eigenvalue weighted by Gasteiger charge is -1.88. The van der Waals surface area contributed by atoms with Gasteiger partial charge in [-0.05, 0) is 6.92 Å². The Kier molecular flexibility index (Phi) is 2.20. The molecule has 2 N–H and O–H groups in total. The maximum absolute atomic E-state index is 5.33. The standard InChI is InChI=1S/C6H11N5/c1-5(7)8-3-6-9-4-11(2)10-6/h4H,3H2,1-2H3,(H2,7,8). The van der Waals surface area contributed by atoms with Gasteiger partial charge in [0.05, 0.1) is 5.84 Å². The highest BCUT2D eigenvalue weighted by Gasteiger charge is 1.94. The van der Waals surface area contributed by atoms with Gasteiger partial charge in [-0.1, -0.05) is 0 Å². The van der Waals surface area contributed by atoms with Gasteiger partial charge in [-0.3, -0.25) is 9.67 Å². The molecule has 0 saturated carbocycles. The van der Waals surface area contributed by atoms with Crippen LogP contribution in [-0.2, 0) is 13.6 Å². The van der Waals surface area contributed by atoms with Crippen LogP contribution in [0.25, 0.3) is 0 Å². The predicted molar refractivity (Wildman–Crippen MR) is 42.0 cm³/mol. The third kappa shape index (κ3) is 2.37. The number of aryl methyl sites for hydroxylation is 1. The van der Waals surface area contributed by atoms with Crippen LogP contribution < -0.4 is 5.73 Å². The molecule has 1 aromatic rings. The van der Waals surface area contributed by atoms with Crippen molar-refractivity contribution in [1.29, 1.82) is 0 Å². The Morgan fingerprint density at radius 3 is 3.00 bits per heavy atom. The highest BCUT2D eigenvalue weighted by Crippen LogP contribution is 1.89. The minimum Gasteiger partial charge on any atom is -0.388 e. The Hall–Kier alpha value is -1.39. The van der Waals surface area contributed by atoms with Crippen LogP contribution in [0.15, 0.2) is 11.3 Å². The van der Waals surface area contributed by atoms with Crippen molar-refractivity contribution < 1.29 is 0 Å². The molecule has 0 fully saturated rings. The molecule has 0 spiro atoms. The first kappa shape index (κ1) is 7.71. The molecule has 11 heavy (non-hydrogen) atoms. The molecule has 1 heterocycles. The number of nitrogens with zero attached hydrogens (tertiary/aromatic N) is 4. The molecule has 0 aliphatic carbocycles. The van der Waals surface area contributed by atoms with E-state index in [2.05, 4.69) is 15.1 Å². The van der Waals surface area contributed by atoms with Gasteiger partial charge in [-0.2, -0.15) is 5.10 Å². The number of nitrogens with two attached hydrogens (primary N) is 1. The van der Waals surface area contributed by atoms with Crippen molar-refractivity contribution in [3.63, 3.8) is 0 Å². The molecule has 0 atom stereocenters. The maximum atomic E-state index is 5.33. The highest BCUT2D eigenvalue weighted by molar-refractivity contribution is 5.77. The van der Waals surface area contributed by atoms with E-state index in [0.717, 1.165) is 0 Å². The van der Waals surface area contributed by atoms with Crippen molar-refractivity contribution in [3.8, 4) is 0 Å². The minimum atomic E-state index is 0.461. The molecular weight excluding hydrogens is 142 g/mol. The Morgan fingerprint density at radius 1 is 1.82 bits per heavy atom. The summed E-state index contributed by atoms with van der Waals surface area (Å²) in [6.07, 6.45) is 1.64. The third-order valence-electron chi connectivity index (χ3n) is 1.12. The molecule has 1 aromatic heterocycles. The Morgan fingerprint density at radius 2 is 2.55 bits per heavy atom. The molecule has 60 valence electrons. The van der Waals surface area contributed by atoms with Crippen molar-refractivity contribution >= 4 is 5.84 Å². The van der Waals surface area contributed by atoms with E-state index in [0.29, 0.717) is 18.2 Å². The maximum Gasteiger partial charge on any atom is 0.171 e. The van der Waals surface area contributed by atoms with E-state index < -0.39 is 0 Å². The smallest absolute Gasteiger partial charge is 0.171 e. The van der Waals surface area contributed by atoms with Crippen LogP contribution >= 0.6 is 0 Å². The SMILES string of the molecule is CC(N)=NCc1ncn(C)n1. The molecule has 0 unspecified atom stereocenters. The molecular formula is C6H11N5. The van der Waals surface area contributed by atoms with Crippen LogP contribution in [-0.4, -0.2) is 20.6 Å². The third-order valence-corrected chi connectivity index (χ3v) is 1.12. The monoisotopic (exact) mass is 153 g/mol. The van der Waals surface area contributed by atoms with Crippen LogP contribution in [0.1, 0.15) is 12.7 Å². The van der Waals surface area contributed by atoms with Crippen molar-refractivity contribution in [2.24, 2.45) is 17.8 Å². The van der Waals surface area contributed by atoms with E-state index in [9.17, 15) is 0 Å². The molecule has 0 saturated heterocycles. The van der Waals surface area contributed by atoms with Crippen LogP contribution in [0.5, 0.6) is 0 Å². The summed E-state index contributed by atoms with van der Waals surface area (Å²) in [7, 11) is 1.81. The summed E-state index contributed by atoms with van der Waals surface area (Å²) in [5.41, 5.74) is 5.33. The van der Waals surface area contributed by atoms with E-state index in [4.69, 9.17) is 5.73 Å². The van der Waals surface area contributed by atoms with Crippen LogP contribution in [0.2, 0.25) is 0 Å². The van der Waals surface area contributed by atoms with E-state index in [1.54, 1.807) is 17.9 Å². The fourth-order valence-corrected chi connectivity index (χ4v) is 0.652. The second-order valence-electron chi connectivity index (χ2n) is 2.29. The highest BCUT2D eigenvalue weighted by atomic mass is 15.3. The number of hydrogen-bond acceptors (Lipinski definition) is 3. The number of hydrogen-bond donors (Lipinski definition) is 1. The first-order valence-electron chi connectivity index (χ1n) is 3.29. The zero-order valence-electron chi connectivity index (χ0n) is 6.65. The van der Waals surface area contributed by atoms with Crippen molar-refractivity contribution in [1.82, 2.24) is 14.8 Å². The first-order valence-corrected chi connectivity index (χ1v) is 3.29. The molecule has 0 aromatic carbocycles. The Bertz CT molecular complexity index is 258. The summed E-state index contributed by atoms with van der Waals surface area (Å²) in [5.74, 6) is 1.25. The molecule has 0 aliphatic heterocycles. The normalized spacial score (nSPS) is 12.0. The summed E-state index contributed by atoms with van der Waals surface area (Å²) < 4.78 is 1.64. The summed E-state index contributed by atoms with van der Waals surface area (Å²) in [4.78, 5) is 7.94. The lowest BCUT2D eigenvalue weighted by atomic mass is 10.6. The topological polar surface area (TPSA) is 69.1 Å². The van der Waals surface area contributed by atoms with E-state index >= 15 is 0 Å². The number of amidine groups is 1. The van der Waals surface area contributed by atoms with Crippen molar-refractivity contribution in [3.05, 3.63) is 12.2 Å². The average molecular weight is 153 g/mol. The average Bonchev–Trinajstić information content (AvgIpc) is 2.31. The van der Waals surface area contributed by atoms with Gasteiger partial charge in [0, 0.05) is 7.05 Å². The second-order valence-corrected chi connectivity index (χ2v) is 2.29. The van der Waals surface area contributed by atoms with Crippen molar-refractivity contribution in [2.75, 3.05) is 0 Å². The molecule has 5 heteroatoms. The molecule has 0 amide bonds. The van der Waals surface area contributed by atoms with E-state index in [1.165, 1.54) is 0 Å². The van der Waals surface area contributed by atoms with E-state index in [1.807, 2.05) is 7.05 Å². The number of rotatable bonds is 2. The minimum absolute atomic E-state index is 0.461. The summed E-state index contributed by atoms with van der Waals surface area (Å²) in [6, 6.07) is 0. The van der Waals surface area contributed by atoms with Gasteiger partial charge in [0.15, 0.2) is 5.82 Å². The lowest BCUT2D eigenvalue weighted by Crippen LogP contribution is -2.05. The molecule has 1 rings (SSSR count). The van der Waals surface area contributed by atoms with Crippen LogP contribution in [0, 0.1) is 0 Å². The fraction of sp³-hybridized carbons (Fsp3) is 0.500. The summed E-state index contributed by atoms with van der Waals surface area (Å²) in [5, 5.41) is 4.03. The quantitative estimate of drug-likeness (QED) is 0.468. The lowest BCUT2D eigenvalue weighted by molar-refractivity contribution is 0.742. The molecule has 0 aliphatic rings. The molecule has 0 radical (unpaired) electrons. The van der Waals surface area contributed by atoms with Crippen LogP contribution in [0.4, 0.5) is 0 Å². The van der Waals surface area contributed by atoms with Gasteiger partial charge >= 0.3 is 0 Å². The molecule has 0 bridgehead atoms. The molecule has 5 nitrogen and oxygen atoms in total. The van der Waals surface area contributed by atoms with Gasteiger partial charge in [0.1, 0.15) is 12.9 Å². The Balaban J connectivity index is 2.58. The zero-order valence-corrected chi connectivity index (χ0v) is 6.65. The van der Waals surface area contributed by atoms with Gasteiger partial charge < -0.3 is 5.73 Å². The largest absolute Gasteiger partial charge is 0.388 e. The fourth-order valence-electron chi connectivity index (χ4n) is 0.652. The van der Waals surface area contributed by atoms with Gasteiger partial charge in [0.2, 0.25) is 0 Å². The zero-order chi connectivity index (χ0) is 8.27. The van der Waals surface area contributed by atoms with Gasteiger partial charge in [-0.25, -0.2) is 4.98 Å². The second kappa shape index (κ2) is 3.14. The van der Waals surface area contributed by atoms with Crippen LogP contribution in [0.3, 0.4) is 0 Å². The Labute approximate surface area is 65.0 Å². The van der Waals surface area contributed by atoms with Crippen molar-refractivity contribution in [2.45, 2.75) is 13.5 Å². The number of aliphatic imine (C=N–C) groups is 1. The first-order chi connectivity index (χ1) is 5.18. The van der Waals surface area contributed by atoms with Gasteiger partial charge in [-0.15, -0.1) is 0 Å². The predicted octanol–water partition coefficient (Wildman–Crippen LogP) is -0.308. The van der Waals surface area contributed by atoms with Gasteiger partial charge in [0.25, 0.3) is 0 Å². The van der Waals surface area contributed by atoms with E-state index in [-0.39, 0.29) is 0 Å². The number of aromatic nitrogens is 3. The summed E-state index contributed by atoms with van der Waals surface area (Å²) >= 11 is 0. The summed E-state index contributed by atoms with van der Waals surface area (Å²) in [6.45, 7) is 2.20.